The van der Waals surface area contributed by atoms with E-state index < -0.39 is 0 Å². The Bertz CT molecular complexity index is 269. The first-order chi connectivity index (χ1) is 5.65. The molecule has 0 aromatic heterocycles. The molecule has 0 bridgehead atoms. The molecule has 0 aliphatic heterocycles. The first-order valence-corrected chi connectivity index (χ1v) is 3.79. The summed E-state index contributed by atoms with van der Waals surface area (Å²) in [6.07, 6.45) is 0. The van der Waals surface area contributed by atoms with Gasteiger partial charge in [-0.3, -0.25) is 0 Å². The van der Waals surface area contributed by atoms with Gasteiger partial charge in [-0.05, 0) is 18.2 Å². The highest BCUT2D eigenvalue weighted by atomic mass is 19.1. The van der Waals surface area contributed by atoms with Gasteiger partial charge in [0.15, 0.2) is 0 Å². The minimum absolute atomic E-state index is 0.230. The van der Waals surface area contributed by atoms with Crippen LogP contribution >= 0.6 is 0 Å². The summed E-state index contributed by atoms with van der Waals surface area (Å²) in [6, 6.07) is 4.51. The van der Waals surface area contributed by atoms with Crippen molar-refractivity contribution < 1.29 is 9.13 Å². The Labute approximate surface area is 72.2 Å². The molecule has 0 amide bonds. The Morgan fingerprint density at radius 3 is 2.50 bits per heavy atom. The van der Waals surface area contributed by atoms with Crippen molar-refractivity contribution in [2.75, 3.05) is 7.11 Å². The predicted molar refractivity (Wildman–Crippen MR) is 46.6 cm³/mol. The van der Waals surface area contributed by atoms with E-state index in [0.717, 1.165) is 17.2 Å². The number of halogens is 1. The lowest BCUT2D eigenvalue weighted by Crippen LogP contribution is -1.95. The molecule has 12 heavy (non-hydrogen) atoms. The van der Waals surface area contributed by atoms with Gasteiger partial charge in [-0.25, -0.2) is 4.39 Å². The zero-order chi connectivity index (χ0) is 9.14. The van der Waals surface area contributed by atoms with Gasteiger partial charge in [-0.15, -0.1) is 0 Å². The van der Waals surface area contributed by atoms with Gasteiger partial charge in [-0.2, -0.15) is 0 Å². The molecule has 1 aromatic carbocycles. The van der Waals surface area contributed by atoms with E-state index in [4.69, 9.17) is 4.74 Å². The topological polar surface area (TPSA) is 9.23 Å². The third kappa shape index (κ3) is 1.76. The fourth-order valence-corrected chi connectivity index (χ4v) is 1.07. The summed E-state index contributed by atoms with van der Waals surface area (Å²) in [5.41, 5.74) is 0.831. The van der Waals surface area contributed by atoms with Crippen molar-refractivity contribution >= 4 is 0 Å². The molecule has 1 nitrogen and oxygen atoms in total. The van der Waals surface area contributed by atoms with Crippen molar-refractivity contribution in [2.45, 2.75) is 13.8 Å². The minimum Gasteiger partial charge on any atom is -0.496 e. The lowest BCUT2D eigenvalue weighted by atomic mass is 10.0. The third-order valence-corrected chi connectivity index (χ3v) is 1.70. The van der Waals surface area contributed by atoms with Gasteiger partial charge < -0.3 is 4.74 Å². The van der Waals surface area contributed by atoms with Crippen LogP contribution in [-0.2, 0) is 0 Å². The molecule has 0 aliphatic rings. The second-order valence-electron chi connectivity index (χ2n) is 2.84. The first kappa shape index (κ1) is 9.04. The van der Waals surface area contributed by atoms with Gasteiger partial charge in [0, 0.05) is 11.5 Å². The fourth-order valence-electron chi connectivity index (χ4n) is 1.07. The molecule has 0 fully saturated rings. The summed E-state index contributed by atoms with van der Waals surface area (Å²) >= 11 is 0. The average Bonchev–Trinajstić information content (AvgIpc) is 2.04. The normalized spacial score (nSPS) is 10.4. The smallest absolute Gasteiger partial charge is 0.123 e. The van der Waals surface area contributed by atoms with E-state index in [1.165, 1.54) is 12.1 Å². The van der Waals surface area contributed by atoms with Gasteiger partial charge in [0.1, 0.15) is 11.6 Å². The molecule has 65 valence electrons. The van der Waals surface area contributed by atoms with E-state index in [9.17, 15) is 4.39 Å². The van der Waals surface area contributed by atoms with Crippen molar-refractivity contribution in [3.8, 4) is 5.75 Å². The predicted octanol–water partition coefficient (Wildman–Crippen LogP) is 2.80. The van der Waals surface area contributed by atoms with Crippen LogP contribution < -0.4 is 4.74 Å². The maximum atomic E-state index is 12.8. The van der Waals surface area contributed by atoms with Crippen molar-refractivity contribution in [3.63, 3.8) is 0 Å². The molecule has 2 heteroatoms. The first-order valence-electron chi connectivity index (χ1n) is 3.79. The van der Waals surface area contributed by atoms with E-state index >= 15 is 0 Å². The van der Waals surface area contributed by atoms with Crippen molar-refractivity contribution in [2.24, 2.45) is 0 Å². The van der Waals surface area contributed by atoms with Crippen LogP contribution in [0.1, 0.15) is 19.4 Å². The number of methoxy groups -OCH3 is 1. The van der Waals surface area contributed by atoms with Crippen LogP contribution in [0, 0.1) is 11.7 Å². The zero-order valence-electron chi connectivity index (χ0n) is 7.52. The van der Waals surface area contributed by atoms with Crippen LogP contribution in [0.2, 0.25) is 0 Å². The van der Waals surface area contributed by atoms with Gasteiger partial charge in [0.05, 0.1) is 7.11 Å². The fraction of sp³-hybridized carbons (Fsp3) is 0.300. The Morgan fingerprint density at radius 1 is 1.33 bits per heavy atom. The molecule has 1 radical (unpaired) electrons. The molecule has 0 aliphatic carbocycles. The number of benzene rings is 1. The largest absolute Gasteiger partial charge is 0.496 e. The van der Waals surface area contributed by atoms with Gasteiger partial charge in [0.2, 0.25) is 0 Å². The quantitative estimate of drug-likeness (QED) is 0.658. The Morgan fingerprint density at radius 2 is 2.00 bits per heavy atom. The molecule has 1 aromatic rings. The number of ether oxygens (including phenoxy) is 1. The minimum atomic E-state index is -0.230. The lowest BCUT2D eigenvalue weighted by Gasteiger charge is -2.10. The molecule has 0 saturated heterocycles. The third-order valence-electron chi connectivity index (χ3n) is 1.70. The molecule has 0 spiro atoms. The SMILES string of the molecule is COc1ccc(F)cc1[C](C)C. The van der Waals surface area contributed by atoms with Gasteiger partial charge >= 0.3 is 0 Å². The molecule has 0 unspecified atom stereocenters. The van der Waals surface area contributed by atoms with Crippen molar-refractivity contribution in [3.05, 3.63) is 35.5 Å². The van der Waals surface area contributed by atoms with Crippen molar-refractivity contribution in [1.29, 1.82) is 0 Å². The summed E-state index contributed by atoms with van der Waals surface area (Å²) in [6.45, 7) is 3.86. The van der Waals surface area contributed by atoms with Crippen LogP contribution in [0.4, 0.5) is 4.39 Å². The summed E-state index contributed by atoms with van der Waals surface area (Å²) in [7, 11) is 1.58. The maximum Gasteiger partial charge on any atom is 0.123 e. The van der Waals surface area contributed by atoms with Crippen LogP contribution in [0.25, 0.3) is 0 Å². The van der Waals surface area contributed by atoms with Crippen LogP contribution in [-0.4, -0.2) is 7.11 Å². The second kappa shape index (κ2) is 3.57. The monoisotopic (exact) mass is 167 g/mol. The van der Waals surface area contributed by atoms with E-state index in [2.05, 4.69) is 0 Å². The zero-order valence-corrected chi connectivity index (χ0v) is 7.52. The molecular formula is C10H12FO. The molecule has 0 atom stereocenters. The van der Waals surface area contributed by atoms with Crippen LogP contribution in [0.5, 0.6) is 5.75 Å². The maximum absolute atomic E-state index is 12.8. The number of hydrogen-bond acceptors (Lipinski definition) is 1. The highest BCUT2D eigenvalue weighted by molar-refractivity contribution is 5.42. The summed E-state index contributed by atoms with van der Waals surface area (Å²) in [4.78, 5) is 0. The van der Waals surface area contributed by atoms with Gasteiger partial charge in [0.25, 0.3) is 0 Å². The van der Waals surface area contributed by atoms with Gasteiger partial charge in [-0.1, -0.05) is 13.8 Å². The highest BCUT2D eigenvalue weighted by Gasteiger charge is 2.07. The summed E-state index contributed by atoms with van der Waals surface area (Å²) in [5, 5.41) is 0. The van der Waals surface area contributed by atoms with E-state index in [1.54, 1.807) is 13.2 Å². The Balaban J connectivity index is 3.12. The standard InChI is InChI=1S/C10H12FO/c1-7(2)9-6-8(11)4-5-10(9)12-3/h4-6H,1-3H3. The highest BCUT2D eigenvalue weighted by Crippen LogP contribution is 2.25. The molecule has 0 heterocycles. The van der Waals surface area contributed by atoms with Crippen LogP contribution in [0.15, 0.2) is 18.2 Å². The van der Waals surface area contributed by atoms with E-state index in [-0.39, 0.29) is 5.82 Å². The van der Waals surface area contributed by atoms with E-state index in [0.29, 0.717) is 0 Å². The molecule has 0 saturated carbocycles. The lowest BCUT2D eigenvalue weighted by molar-refractivity contribution is 0.410. The molecule has 1 rings (SSSR count). The number of rotatable bonds is 2. The summed E-state index contributed by atoms with van der Waals surface area (Å²) in [5.74, 6) is 1.54. The Kier molecular flexibility index (Phi) is 2.69. The molecular weight excluding hydrogens is 155 g/mol. The van der Waals surface area contributed by atoms with Crippen molar-refractivity contribution in [1.82, 2.24) is 0 Å². The number of hydrogen-bond donors (Lipinski definition) is 0. The average molecular weight is 167 g/mol. The van der Waals surface area contributed by atoms with E-state index in [1.807, 2.05) is 13.8 Å². The Hall–Kier alpha value is -1.05. The molecule has 0 N–H and O–H groups in total. The van der Waals surface area contributed by atoms with Crippen LogP contribution in [0.3, 0.4) is 0 Å². The second-order valence-corrected chi connectivity index (χ2v) is 2.84. The summed E-state index contributed by atoms with van der Waals surface area (Å²) < 4.78 is 17.8.